The standard InChI is InChI=1S/C18H25FN2O3/c1-12(10-11-20-17(23)24-18(3,4)5)13(2)16(22)21-15-8-6-14(19)7-9-15/h6-9,13H,1,10-11H2,2-5H3,(H,20,23)(H,21,22). The second kappa shape index (κ2) is 8.47. The summed E-state index contributed by atoms with van der Waals surface area (Å²) in [7, 11) is 0. The van der Waals surface area contributed by atoms with E-state index < -0.39 is 17.6 Å². The fourth-order valence-electron chi connectivity index (χ4n) is 1.82. The fraction of sp³-hybridized carbons (Fsp3) is 0.444. The van der Waals surface area contributed by atoms with Crippen LogP contribution in [0.25, 0.3) is 0 Å². The van der Waals surface area contributed by atoms with Crippen LogP contribution in [0, 0.1) is 11.7 Å². The average molecular weight is 336 g/mol. The second-order valence-electron chi connectivity index (χ2n) is 6.55. The van der Waals surface area contributed by atoms with Crippen LogP contribution in [0.2, 0.25) is 0 Å². The molecule has 2 amide bonds. The van der Waals surface area contributed by atoms with Gasteiger partial charge in [0.2, 0.25) is 5.91 Å². The molecule has 2 N–H and O–H groups in total. The van der Waals surface area contributed by atoms with E-state index in [-0.39, 0.29) is 11.7 Å². The third kappa shape index (κ3) is 7.26. The van der Waals surface area contributed by atoms with E-state index in [9.17, 15) is 14.0 Å². The number of carbonyl (C=O) groups is 2. The minimum absolute atomic E-state index is 0.233. The van der Waals surface area contributed by atoms with E-state index >= 15 is 0 Å². The monoisotopic (exact) mass is 336 g/mol. The minimum Gasteiger partial charge on any atom is -0.444 e. The molecule has 1 atom stereocenters. The zero-order valence-corrected chi connectivity index (χ0v) is 14.6. The fourth-order valence-corrected chi connectivity index (χ4v) is 1.82. The summed E-state index contributed by atoms with van der Waals surface area (Å²) in [6, 6.07) is 5.54. The molecule has 0 fully saturated rings. The number of ether oxygens (including phenoxy) is 1. The largest absolute Gasteiger partial charge is 0.444 e. The van der Waals surface area contributed by atoms with Crippen LogP contribution in [-0.2, 0) is 9.53 Å². The summed E-state index contributed by atoms with van der Waals surface area (Å²) < 4.78 is 18.0. The van der Waals surface area contributed by atoms with E-state index in [1.54, 1.807) is 27.7 Å². The van der Waals surface area contributed by atoms with Crippen LogP contribution in [0.4, 0.5) is 14.9 Å². The Balaban J connectivity index is 2.39. The first-order valence-electron chi connectivity index (χ1n) is 7.79. The Kier molecular flexibility index (Phi) is 6.95. The Bertz CT molecular complexity index is 591. The molecule has 0 aromatic heterocycles. The van der Waals surface area contributed by atoms with E-state index in [0.717, 1.165) is 0 Å². The average Bonchev–Trinajstić information content (AvgIpc) is 2.46. The first-order valence-corrected chi connectivity index (χ1v) is 7.79. The van der Waals surface area contributed by atoms with Crippen molar-refractivity contribution < 1.29 is 18.7 Å². The van der Waals surface area contributed by atoms with E-state index in [0.29, 0.717) is 24.2 Å². The van der Waals surface area contributed by atoms with Crippen molar-refractivity contribution >= 4 is 17.7 Å². The summed E-state index contributed by atoms with van der Waals surface area (Å²) in [4.78, 5) is 23.7. The molecular formula is C18H25FN2O3. The normalized spacial score (nSPS) is 12.2. The molecule has 0 saturated heterocycles. The zero-order valence-electron chi connectivity index (χ0n) is 14.6. The van der Waals surface area contributed by atoms with Gasteiger partial charge in [-0.2, -0.15) is 0 Å². The first kappa shape index (κ1) is 19.7. The van der Waals surface area contributed by atoms with Crippen LogP contribution in [0.3, 0.4) is 0 Å². The van der Waals surface area contributed by atoms with Gasteiger partial charge in [-0.25, -0.2) is 9.18 Å². The highest BCUT2D eigenvalue weighted by Gasteiger charge is 2.18. The smallest absolute Gasteiger partial charge is 0.407 e. The second-order valence-corrected chi connectivity index (χ2v) is 6.55. The van der Waals surface area contributed by atoms with E-state index in [1.807, 2.05) is 0 Å². The van der Waals surface area contributed by atoms with Crippen molar-refractivity contribution in [3.8, 4) is 0 Å². The Labute approximate surface area is 142 Å². The predicted molar refractivity (Wildman–Crippen MR) is 92.2 cm³/mol. The lowest BCUT2D eigenvalue weighted by molar-refractivity contribution is -0.118. The number of benzene rings is 1. The zero-order chi connectivity index (χ0) is 18.3. The van der Waals surface area contributed by atoms with Crippen molar-refractivity contribution in [2.45, 2.75) is 39.7 Å². The van der Waals surface area contributed by atoms with Gasteiger partial charge in [0, 0.05) is 12.2 Å². The van der Waals surface area contributed by atoms with E-state index in [1.165, 1.54) is 24.3 Å². The molecule has 5 nitrogen and oxygen atoms in total. The highest BCUT2D eigenvalue weighted by atomic mass is 19.1. The summed E-state index contributed by atoms with van der Waals surface area (Å²) in [6.45, 7) is 11.3. The van der Waals surface area contributed by atoms with Gasteiger partial charge in [-0.3, -0.25) is 4.79 Å². The van der Waals surface area contributed by atoms with Crippen LogP contribution in [0.1, 0.15) is 34.1 Å². The Morgan fingerprint density at radius 3 is 2.38 bits per heavy atom. The molecule has 6 heteroatoms. The molecule has 0 spiro atoms. The van der Waals surface area contributed by atoms with Gasteiger partial charge in [-0.15, -0.1) is 0 Å². The lowest BCUT2D eigenvalue weighted by Gasteiger charge is -2.20. The number of amides is 2. The molecule has 1 rings (SSSR count). The summed E-state index contributed by atoms with van der Waals surface area (Å²) in [6.07, 6.45) is -0.0456. The van der Waals surface area contributed by atoms with E-state index in [4.69, 9.17) is 4.74 Å². The maximum Gasteiger partial charge on any atom is 0.407 e. The number of alkyl carbamates (subject to hydrolysis) is 1. The number of halogens is 1. The summed E-state index contributed by atoms with van der Waals surface area (Å²) in [5.41, 5.74) is 0.655. The topological polar surface area (TPSA) is 67.4 Å². The molecule has 24 heavy (non-hydrogen) atoms. The Hall–Kier alpha value is -2.37. The number of anilines is 1. The molecule has 0 bridgehead atoms. The molecule has 1 aromatic carbocycles. The predicted octanol–water partition coefficient (Wildman–Crippen LogP) is 3.87. The van der Waals surface area contributed by atoms with Gasteiger partial charge in [-0.1, -0.05) is 12.2 Å². The lowest BCUT2D eigenvalue weighted by atomic mass is 9.99. The maximum absolute atomic E-state index is 12.8. The Morgan fingerprint density at radius 2 is 1.83 bits per heavy atom. The van der Waals surface area contributed by atoms with Gasteiger partial charge in [0.1, 0.15) is 11.4 Å². The van der Waals surface area contributed by atoms with Crippen LogP contribution in [0.15, 0.2) is 36.4 Å². The van der Waals surface area contributed by atoms with Crippen molar-refractivity contribution in [1.29, 1.82) is 0 Å². The van der Waals surface area contributed by atoms with Crippen LogP contribution in [0.5, 0.6) is 0 Å². The number of rotatable bonds is 6. The summed E-state index contributed by atoms with van der Waals surface area (Å²) in [5.74, 6) is -1.03. The molecule has 0 aliphatic rings. The third-order valence-corrected chi connectivity index (χ3v) is 3.23. The van der Waals surface area contributed by atoms with Crippen molar-refractivity contribution in [1.82, 2.24) is 5.32 Å². The third-order valence-electron chi connectivity index (χ3n) is 3.23. The molecule has 1 aromatic rings. The van der Waals surface area contributed by atoms with Gasteiger partial charge in [0.25, 0.3) is 0 Å². The maximum atomic E-state index is 12.8. The van der Waals surface area contributed by atoms with Gasteiger partial charge >= 0.3 is 6.09 Å². The Morgan fingerprint density at radius 1 is 1.25 bits per heavy atom. The molecule has 0 aliphatic heterocycles. The van der Waals surface area contributed by atoms with Crippen LogP contribution in [-0.4, -0.2) is 24.1 Å². The number of hydrogen-bond donors (Lipinski definition) is 2. The van der Waals surface area contributed by atoms with Crippen molar-refractivity contribution in [2.75, 3.05) is 11.9 Å². The quantitative estimate of drug-likeness (QED) is 0.775. The van der Waals surface area contributed by atoms with Gasteiger partial charge in [-0.05, 0) is 58.4 Å². The summed E-state index contributed by atoms with van der Waals surface area (Å²) >= 11 is 0. The number of carbonyl (C=O) groups excluding carboxylic acids is 2. The van der Waals surface area contributed by atoms with Crippen molar-refractivity contribution in [3.05, 3.63) is 42.2 Å². The minimum atomic E-state index is -0.552. The van der Waals surface area contributed by atoms with Crippen LogP contribution >= 0.6 is 0 Å². The molecule has 0 radical (unpaired) electrons. The SMILES string of the molecule is C=C(CCNC(=O)OC(C)(C)C)C(C)C(=O)Nc1ccc(F)cc1. The van der Waals surface area contributed by atoms with Crippen LogP contribution < -0.4 is 10.6 Å². The van der Waals surface area contributed by atoms with Gasteiger partial charge in [0.05, 0.1) is 5.92 Å². The molecule has 0 saturated carbocycles. The van der Waals surface area contributed by atoms with Crippen molar-refractivity contribution in [3.63, 3.8) is 0 Å². The highest BCUT2D eigenvalue weighted by Crippen LogP contribution is 2.16. The molecule has 1 unspecified atom stereocenters. The first-order chi connectivity index (χ1) is 11.1. The molecular weight excluding hydrogens is 311 g/mol. The van der Waals surface area contributed by atoms with Gasteiger partial charge in [0.15, 0.2) is 0 Å². The molecule has 0 aliphatic carbocycles. The summed E-state index contributed by atoms with van der Waals surface area (Å²) in [5, 5.41) is 5.33. The van der Waals surface area contributed by atoms with E-state index in [2.05, 4.69) is 17.2 Å². The number of nitrogens with one attached hydrogen (secondary N) is 2. The van der Waals surface area contributed by atoms with Gasteiger partial charge < -0.3 is 15.4 Å². The molecule has 132 valence electrons. The molecule has 0 heterocycles. The number of hydrogen-bond acceptors (Lipinski definition) is 3. The van der Waals surface area contributed by atoms with Crippen molar-refractivity contribution in [2.24, 2.45) is 5.92 Å². The highest BCUT2D eigenvalue weighted by molar-refractivity contribution is 5.94. The lowest BCUT2D eigenvalue weighted by Crippen LogP contribution is -2.33.